The van der Waals surface area contributed by atoms with Crippen LogP contribution in [0.2, 0.25) is 0 Å². The number of aliphatic carboxylic acids is 1. The number of halogens is 3. The second kappa shape index (κ2) is 5.12. The van der Waals surface area contributed by atoms with Crippen LogP contribution in [0.5, 0.6) is 0 Å². The minimum absolute atomic E-state index is 0.0336. The van der Waals surface area contributed by atoms with Gasteiger partial charge in [-0.25, -0.2) is 4.79 Å². The lowest BCUT2D eigenvalue weighted by Gasteiger charge is -2.27. The fourth-order valence-electron chi connectivity index (χ4n) is 1.29. The lowest BCUT2D eigenvalue weighted by molar-refractivity contribution is -0.188. The number of nitrogens with one attached hydrogen (secondary N) is 1. The van der Waals surface area contributed by atoms with E-state index in [0.29, 0.717) is 6.92 Å². The van der Waals surface area contributed by atoms with E-state index >= 15 is 0 Å². The van der Waals surface area contributed by atoms with Crippen molar-refractivity contribution in [3.63, 3.8) is 0 Å². The first-order valence-corrected chi connectivity index (χ1v) is 5.34. The van der Waals surface area contributed by atoms with Crippen molar-refractivity contribution in [1.29, 1.82) is 0 Å². The molecule has 0 saturated carbocycles. The summed E-state index contributed by atoms with van der Waals surface area (Å²) < 4.78 is 39.0. The Balaban J connectivity index is 2.99. The number of nitrogens with zero attached hydrogens (tertiary/aromatic N) is 2. The highest BCUT2D eigenvalue weighted by atomic mass is 19.4. The summed E-state index contributed by atoms with van der Waals surface area (Å²) in [4.78, 5) is 22.6. The van der Waals surface area contributed by atoms with Crippen molar-refractivity contribution in [2.45, 2.75) is 24.7 Å². The van der Waals surface area contributed by atoms with E-state index < -0.39 is 29.6 Å². The smallest absolute Gasteiger partial charge is 0.415 e. The number of alkyl halides is 3. The van der Waals surface area contributed by atoms with Crippen LogP contribution in [0.3, 0.4) is 0 Å². The molecule has 1 heterocycles. The van der Waals surface area contributed by atoms with Gasteiger partial charge in [0.25, 0.3) is 0 Å². The molecule has 1 rings (SSSR count). The van der Waals surface area contributed by atoms with E-state index in [0.717, 1.165) is 6.20 Å². The lowest BCUT2D eigenvalue weighted by atomic mass is 10.0. The third-order valence-electron chi connectivity index (χ3n) is 2.64. The van der Waals surface area contributed by atoms with Crippen LogP contribution in [0.15, 0.2) is 12.4 Å². The first-order chi connectivity index (χ1) is 8.96. The van der Waals surface area contributed by atoms with E-state index in [2.05, 4.69) is 5.10 Å². The van der Waals surface area contributed by atoms with E-state index in [-0.39, 0.29) is 5.56 Å². The van der Waals surface area contributed by atoms with Gasteiger partial charge in [-0.3, -0.25) is 9.48 Å². The van der Waals surface area contributed by atoms with Gasteiger partial charge in [-0.05, 0) is 6.92 Å². The summed E-state index contributed by atoms with van der Waals surface area (Å²) >= 11 is 0. The standard InChI is InChI=1S/C10H13F3N4O3/c1-9(14,10(11,12)13)8(20)16-6(7(18)19)5-3-15-17(2)4-5/h3-4,6H,14H2,1-2H3,(H,16,20)(H,18,19). The zero-order chi connectivity index (χ0) is 15.7. The summed E-state index contributed by atoms with van der Waals surface area (Å²) in [5.74, 6) is -3.16. The average Bonchev–Trinajstić information content (AvgIpc) is 2.69. The van der Waals surface area contributed by atoms with Crippen molar-refractivity contribution in [3.05, 3.63) is 18.0 Å². The number of nitrogens with two attached hydrogens (primary N) is 1. The monoisotopic (exact) mass is 294 g/mol. The summed E-state index contributed by atoms with van der Waals surface area (Å²) in [6.07, 6.45) is -2.61. The third kappa shape index (κ3) is 3.07. The van der Waals surface area contributed by atoms with Crippen molar-refractivity contribution in [1.82, 2.24) is 15.1 Å². The Hall–Kier alpha value is -2.10. The Bertz CT molecular complexity index is 524. The maximum absolute atomic E-state index is 12.6. The van der Waals surface area contributed by atoms with Gasteiger partial charge in [-0.1, -0.05) is 0 Å². The molecule has 1 aromatic rings. The molecule has 10 heteroatoms. The SMILES string of the molecule is Cn1cc(C(NC(=O)C(C)(N)C(F)(F)F)C(=O)O)cn1. The molecule has 2 atom stereocenters. The van der Waals surface area contributed by atoms with Gasteiger partial charge in [-0.15, -0.1) is 0 Å². The Morgan fingerprint density at radius 2 is 2.05 bits per heavy atom. The van der Waals surface area contributed by atoms with Crippen LogP contribution in [-0.4, -0.2) is 38.5 Å². The van der Waals surface area contributed by atoms with Crippen LogP contribution in [0.4, 0.5) is 13.2 Å². The minimum Gasteiger partial charge on any atom is -0.479 e. The maximum Gasteiger partial charge on any atom is 0.415 e. The molecule has 0 aliphatic heterocycles. The maximum atomic E-state index is 12.6. The first kappa shape index (κ1) is 16.0. The molecule has 0 aliphatic rings. The topological polar surface area (TPSA) is 110 Å². The number of carbonyl (C=O) groups is 2. The molecule has 0 spiro atoms. The predicted octanol–water partition coefficient (Wildman–Crippen LogP) is -0.0583. The number of carboxylic acids is 1. The Morgan fingerprint density at radius 1 is 1.50 bits per heavy atom. The van der Waals surface area contributed by atoms with Crippen LogP contribution in [0.1, 0.15) is 18.5 Å². The Kier molecular flexibility index (Phi) is 4.08. The van der Waals surface area contributed by atoms with Gasteiger partial charge in [0, 0.05) is 18.8 Å². The largest absolute Gasteiger partial charge is 0.479 e. The summed E-state index contributed by atoms with van der Waals surface area (Å²) in [5, 5.41) is 14.4. The molecule has 4 N–H and O–H groups in total. The molecule has 0 aliphatic carbocycles. The summed E-state index contributed by atoms with van der Waals surface area (Å²) in [6.45, 7) is 0.463. The molecule has 0 aromatic carbocycles. The highest BCUT2D eigenvalue weighted by molar-refractivity contribution is 5.90. The van der Waals surface area contributed by atoms with Gasteiger partial charge in [-0.2, -0.15) is 18.3 Å². The molecule has 0 radical (unpaired) electrons. The summed E-state index contributed by atoms with van der Waals surface area (Å²) in [7, 11) is 1.49. The van der Waals surface area contributed by atoms with E-state index in [1.807, 2.05) is 0 Å². The van der Waals surface area contributed by atoms with Gasteiger partial charge in [0.1, 0.15) is 0 Å². The van der Waals surface area contributed by atoms with Crippen LogP contribution >= 0.6 is 0 Å². The van der Waals surface area contributed by atoms with E-state index in [1.54, 1.807) is 5.32 Å². The molecular formula is C10H13F3N4O3. The van der Waals surface area contributed by atoms with Gasteiger partial charge in [0.15, 0.2) is 11.6 Å². The first-order valence-electron chi connectivity index (χ1n) is 5.34. The summed E-state index contributed by atoms with van der Waals surface area (Å²) in [6, 6.07) is -1.67. The molecule has 7 nitrogen and oxygen atoms in total. The molecular weight excluding hydrogens is 281 g/mol. The second-order valence-corrected chi connectivity index (χ2v) is 4.39. The second-order valence-electron chi connectivity index (χ2n) is 4.39. The lowest BCUT2D eigenvalue weighted by Crippen LogP contribution is -2.62. The van der Waals surface area contributed by atoms with Crippen LogP contribution in [0.25, 0.3) is 0 Å². The molecule has 2 unspecified atom stereocenters. The Labute approximate surface area is 111 Å². The molecule has 1 aromatic heterocycles. The van der Waals surface area contributed by atoms with E-state index in [4.69, 9.17) is 10.8 Å². The zero-order valence-corrected chi connectivity index (χ0v) is 10.6. The number of rotatable bonds is 4. The number of aromatic nitrogens is 2. The summed E-state index contributed by atoms with van der Waals surface area (Å²) in [5.41, 5.74) is 1.76. The van der Waals surface area contributed by atoms with Crippen molar-refractivity contribution in [3.8, 4) is 0 Å². The Morgan fingerprint density at radius 3 is 2.40 bits per heavy atom. The van der Waals surface area contributed by atoms with Gasteiger partial charge < -0.3 is 16.2 Å². The van der Waals surface area contributed by atoms with Crippen molar-refractivity contribution < 1.29 is 27.9 Å². The highest BCUT2D eigenvalue weighted by Gasteiger charge is 2.54. The van der Waals surface area contributed by atoms with E-state index in [1.165, 1.54) is 17.9 Å². The molecule has 20 heavy (non-hydrogen) atoms. The predicted molar refractivity (Wildman–Crippen MR) is 60.4 cm³/mol. The van der Waals surface area contributed by atoms with Crippen LogP contribution in [0, 0.1) is 0 Å². The number of aryl methyl sites for hydroxylation is 1. The van der Waals surface area contributed by atoms with Crippen molar-refractivity contribution in [2.24, 2.45) is 12.8 Å². The molecule has 0 saturated heterocycles. The molecule has 0 bridgehead atoms. The molecule has 1 amide bonds. The van der Waals surface area contributed by atoms with Crippen molar-refractivity contribution >= 4 is 11.9 Å². The third-order valence-corrected chi connectivity index (χ3v) is 2.64. The van der Waals surface area contributed by atoms with Crippen LogP contribution in [-0.2, 0) is 16.6 Å². The van der Waals surface area contributed by atoms with Gasteiger partial charge in [0.2, 0.25) is 5.91 Å². The van der Waals surface area contributed by atoms with Crippen molar-refractivity contribution in [2.75, 3.05) is 0 Å². The molecule has 0 fully saturated rings. The quantitative estimate of drug-likeness (QED) is 0.720. The van der Waals surface area contributed by atoms with Gasteiger partial charge >= 0.3 is 12.1 Å². The number of amides is 1. The normalized spacial score (nSPS) is 16.3. The number of hydrogen-bond acceptors (Lipinski definition) is 4. The fraction of sp³-hybridized carbons (Fsp3) is 0.500. The number of carbonyl (C=O) groups excluding carboxylic acids is 1. The van der Waals surface area contributed by atoms with E-state index in [9.17, 15) is 22.8 Å². The number of carboxylic acid groups (broad SMARTS) is 1. The van der Waals surface area contributed by atoms with Crippen LogP contribution < -0.4 is 11.1 Å². The highest BCUT2D eigenvalue weighted by Crippen LogP contribution is 2.28. The number of hydrogen-bond donors (Lipinski definition) is 3. The zero-order valence-electron chi connectivity index (χ0n) is 10.6. The van der Waals surface area contributed by atoms with Gasteiger partial charge in [0.05, 0.1) is 6.20 Å². The average molecular weight is 294 g/mol. The fourth-order valence-corrected chi connectivity index (χ4v) is 1.29. The molecule has 112 valence electrons. The minimum atomic E-state index is -5.00.